The molecule has 0 aromatic carbocycles. The number of nitrogens with one attached hydrogen (secondary N) is 1. The number of imide groups is 1. The van der Waals surface area contributed by atoms with Crippen molar-refractivity contribution in [3.05, 3.63) is 46.1 Å². The predicted octanol–water partition coefficient (Wildman–Crippen LogP) is 4.40. The average Bonchev–Trinajstić information content (AvgIpc) is 3.15. The Morgan fingerprint density at radius 2 is 1.97 bits per heavy atom. The highest BCUT2D eigenvalue weighted by molar-refractivity contribution is 7.19. The number of amides is 2. The Bertz CT molecular complexity index is 1460. The maximum Gasteiger partial charge on any atom is 0.317 e. The van der Waals surface area contributed by atoms with Crippen LogP contribution in [0.2, 0.25) is 0 Å². The fraction of sp³-hybridized carbons (Fsp3) is 0.500. The van der Waals surface area contributed by atoms with Crippen molar-refractivity contribution in [2.45, 2.75) is 45.8 Å². The number of ether oxygens (including phenoxy) is 1. The fourth-order valence-corrected chi connectivity index (χ4v) is 7.10. The van der Waals surface area contributed by atoms with Crippen molar-refractivity contribution >= 4 is 33.4 Å². The Balaban J connectivity index is 1.40. The van der Waals surface area contributed by atoms with Gasteiger partial charge in [-0.2, -0.15) is 8.78 Å². The molecule has 3 aliphatic rings. The van der Waals surface area contributed by atoms with Crippen molar-refractivity contribution in [3.63, 3.8) is 0 Å². The van der Waals surface area contributed by atoms with Crippen molar-refractivity contribution in [1.29, 1.82) is 0 Å². The maximum absolute atomic E-state index is 14.5. The number of aryl methyl sites for hydroxylation is 1. The molecule has 3 unspecified atom stereocenters. The number of carbonyl (C=O) groups is 2. The van der Waals surface area contributed by atoms with Gasteiger partial charge in [0.2, 0.25) is 11.8 Å². The highest BCUT2D eigenvalue weighted by atomic mass is 32.1. The molecule has 6 rings (SSSR count). The topological polar surface area (TPSA) is 84.4 Å². The van der Waals surface area contributed by atoms with Crippen LogP contribution in [0.1, 0.15) is 35.5 Å². The van der Waals surface area contributed by atoms with Gasteiger partial charge in [0.05, 0.1) is 47.0 Å². The number of aromatic nitrogens is 2. The molecule has 3 aromatic heterocycles. The van der Waals surface area contributed by atoms with Crippen LogP contribution in [0.15, 0.2) is 24.4 Å². The number of hydrogen-bond donors (Lipinski definition) is 1. The van der Waals surface area contributed by atoms with Gasteiger partial charge in [0.15, 0.2) is 6.67 Å². The lowest BCUT2D eigenvalue weighted by molar-refractivity contribution is -0.143. The molecule has 39 heavy (non-hydrogen) atoms. The molecule has 1 aliphatic carbocycles. The lowest BCUT2D eigenvalue weighted by atomic mass is 9.95. The first-order valence-electron chi connectivity index (χ1n) is 13.0. The number of halogens is 3. The molecular weight excluding hydrogens is 529 g/mol. The van der Waals surface area contributed by atoms with Crippen LogP contribution in [-0.2, 0) is 33.2 Å². The summed E-state index contributed by atoms with van der Waals surface area (Å²) in [4.78, 5) is 36.6. The molecule has 3 atom stereocenters. The van der Waals surface area contributed by atoms with Crippen molar-refractivity contribution in [2.75, 3.05) is 26.4 Å². The number of fused-ring (bicyclic) bond motifs is 2. The molecule has 0 spiro atoms. The van der Waals surface area contributed by atoms with Gasteiger partial charge >= 0.3 is 5.92 Å². The molecule has 2 aliphatic heterocycles. The third-order valence-electron chi connectivity index (χ3n) is 8.25. The van der Waals surface area contributed by atoms with E-state index in [9.17, 15) is 22.8 Å². The maximum atomic E-state index is 14.5. The van der Waals surface area contributed by atoms with E-state index in [-0.39, 0.29) is 41.7 Å². The van der Waals surface area contributed by atoms with Crippen molar-refractivity contribution in [1.82, 2.24) is 20.2 Å². The number of morpholine rings is 1. The van der Waals surface area contributed by atoms with Gasteiger partial charge in [0, 0.05) is 36.1 Å². The summed E-state index contributed by atoms with van der Waals surface area (Å²) in [5.74, 6) is -4.55. The number of alkyl halides is 3. The third kappa shape index (κ3) is 4.35. The lowest BCUT2D eigenvalue weighted by Crippen LogP contribution is -2.39. The Labute approximate surface area is 227 Å². The molecular formula is C28H29F3N4O3S. The van der Waals surface area contributed by atoms with Crippen LogP contribution in [0.3, 0.4) is 0 Å². The minimum absolute atomic E-state index is 0.141. The van der Waals surface area contributed by atoms with Gasteiger partial charge in [-0.05, 0) is 41.7 Å². The van der Waals surface area contributed by atoms with Crippen molar-refractivity contribution in [3.8, 4) is 11.3 Å². The summed E-state index contributed by atoms with van der Waals surface area (Å²) in [6.45, 7) is 5.80. The Hall–Kier alpha value is -2.89. The van der Waals surface area contributed by atoms with Crippen LogP contribution in [0, 0.1) is 24.2 Å². The molecule has 2 saturated heterocycles. The molecule has 0 bridgehead atoms. The van der Waals surface area contributed by atoms with E-state index in [1.165, 1.54) is 22.3 Å². The zero-order chi connectivity index (χ0) is 27.7. The molecule has 2 amide bonds. The highest BCUT2D eigenvalue weighted by Crippen LogP contribution is 2.63. The standard InChI is InChI=1S/C28H29F3N4O3S/c1-14-8-20(28(30,31)13-29)34-23(18(14)9-15-11-32-6-7-38-15)17-4-5-33-19-10-16(39-24(17)19)12-35-25(36)21-22(26(35)37)27(21,2)3/h4-5,8,10,15,21-22,32H,6-7,9,11-13H2,1-3H3. The van der Waals surface area contributed by atoms with Gasteiger partial charge in [-0.25, -0.2) is 9.37 Å². The summed E-state index contributed by atoms with van der Waals surface area (Å²) in [5, 5.41) is 3.28. The van der Waals surface area contributed by atoms with Gasteiger partial charge in [0.25, 0.3) is 0 Å². The summed E-state index contributed by atoms with van der Waals surface area (Å²) in [6.07, 6.45) is 1.86. The summed E-state index contributed by atoms with van der Waals surface area (Å²) >= 11 is 1.35. The molecule has 206 valence electrons. The number of nitrogens with zero attached hydrogens (tertiary/aromatic N) is 3. The molecule has 0 radical (unpaired) electrons. The largest absolute Gasteiger partial charge is 0.375 e. The second-order valence-electron chi connectivity index (χ2n) is 11.2. The minimum atomic E-state index is -3.72. The molecule has 11 heteroatoms. The highest BCUT2D eigenvalue weighted by Gasteiger charge is 2.72. The van der Waals surface area contributed by atoms with E-state index in [2.05, 4.69) is 15.3 Å². The zero-order valence-corrected chi connectivity index (χ0v) is 22.7. The van der Waals surface area contributed by atoms with Crippen molar-refractivity contribution < 1.29 is 27.5 Å². The minimum Gasteiger partial charge on any atom is -0.375 e. The molecule has 5 heterocycles. The summed E-state index contributed by atoms with van der Waals surface area (Å²) < 4.78 is 48.9. The fourth-order valence-electron chi connectivity index (χ4n) is 5.98. The van der Waals surface area contributed by atoms with Crippen LogP contribution in [0.4, 0.5) is 13.2 Å². The third-order valence-corrected chi connectivity index (χ3v) is 9.39. The summed E-state index contributed by atoms with van der Waals surface area (Å²) in [5.41, 5.74) is 1.96. The molecule has 7 nitrogen and oxygen atoms in total. The second kappa shape index (κ2) is 9.35. The molecule has 1 N–H and O–H groups in total. The van der Waals surface area contributed by atoms with Gasteiger partial charge in [-0.1, -0.05) is 13.8 Å². The molecule has 3 fully saturated rings. The zero-order valence-electron chi connectivity index (χ0n) is 21.9. The van der Waals surface area contributed by atoms with E-state index in [0.29, 0.717) is 46.6 Å². The van der Waals surface area contributed by atoms with E-state index >= 15 is 0 Å². The summed E-state index contributed by atoms with van der Waals surface area (Å²) in [7, 11) is 0. The number of thiophene rings is 1. The summed E-state index contributed by atoms with van der Waals surface area (Å²) in [6, 6.07) is 4.79. The predicted molar refractivity (Wildman–Crippen MR) is 140 cm³/mol. The van der Waals surface area contributed by atoms with Crippen molar-refractivity contribution in [2.24, 2.45) is 17.3 Å². The van der Waals surface area contributed by atoms with Gasteiger partial charge in [-0.3, -0.25) is 19.5 Å². The van der Waals surface area contributed by atoms with E-state index in [1.807, 2.05) is 19.9 Å². The molecule has 3 aromatic rings. The van der Waals surface area contributed by atoms with E-state index in [1.54, 1.807) is 19.2 Å². The van der Waals surface area contributed by atoms with Crippen LogP contribution >= 0.6 is 11.3 Å². The first-order valence-corrected chi connectivity index (χ1v) is 13.8. The van der Waals surface area contributed by atoms with Crippen LogP contribution in [-0.4, -0.2) is 59.2 Å². The first-order chi connectivity index (χ1) is 18.5. The SMILES string of the molecule is Cc1cc(C(F)(F)CF)nc(-c2ccnc3cc(CN4C(=O)C5C(C4=O)C5(C)C)sc23)c1CC1CNCCO1. The van der Waals surface area contributed by atoms with Crippen LogP contribution in [0.25, 0.3) is 21.5 Å². The average molecular weight is 559 g/mol. The quantitative estimate of drug-likeness (QED) is 0.433. The van der Waals surface area contributed by atoms with Gasteiger partial charge in [-0.15, -0.1) is 11.3 Å². The van der Waals surface area contributed by atoms with E-state index < -0.39 is 18.3 Å². The van der Waals surface area contributed by atoms with Crippen LogP contribution in [0.5, 0.6) is 0 Å². The normalized spacial score (nSPS) is 24.5. The second-order valence-corrected chi connectivity index (χ2v) is 12.4. The number of pyridine rings is 2. The number of carbonyl (C=O) groups excluding carboxylic acids is 2. The van der Waals surface area contributed by atoms with Crippen LogP contribution < -0.4 is 5.32 Å². The van der Waals surface area contributed by atoms with E-state index in [4.69, 9.17) is 4.74 Å². The number of rotatable bonds is 7. The monoisotopic (exact) mass is 558 g/mol. The van der Waals surface area contributed by atoms with Gasteiger partial charge in [0.1, 0.15) is 5.69 Å². The lowest BCUT2D eigenvalue weighted by Gasteiger charge is -2.26. The Morgan fingerprint density at radius 1 is 1.23 bits per heavy atom. The van der Waals surface area contributed by atoms with E-state index in [0.717, 1.165) is 17.0 Å². The number of likely N-dealkylation sites (tertiary alicyclic amines) is 1. The number of hydrogen-bond acceptors (Lipinski definition) is 7. The van der Waals surface area contributed by atoms with Gasteiger partial charge < -0.3 is 10.1 Å². The smallest absolute Gasteiger partial charge is 0.317 e. The number of piperidine rings is 1. The Kier molecular flexibility index (Phi) is 6.31. The first kappa shape index (κ1) is 26.3. The molecule has 1 saturated carbocycles. The Morgan fingerprint density at radius 3 is 2.64 bits per heavy atom.